The highest BCUT2D eigenvalue weighted by Crippen LogP contribution is 2.33. The highest BCUT2D eigenvalue weighted by molar-refractivity contribution is 6.10. The van der Waals surface area contributed by atoms with Gasteiger partial charge in [-0.15, -0.1) is 0 Å². The molecular formula is C22H25N3O4. The molecule has 1 aliphatic heterocycles. The fourth-order valence-corrected chi connectivity index (χ4v) is 3.63. The van der Waals surface area contributed by atoms with Crippen LogP contribution in [0.4, 0.5) is 10.5 Å². The molecule has 0 unspecified atom stereocenters. The Morgan fingerprint density at radius 3 is 2.55 bits per heavy atom. The third kappa shape index (κ3) is 3.94. The van der Waals surface area contributed by atoms with Crippen molar-refractivity contribution >= 4 is 23.5 Å². The van der Waals surface area contributed by atoms with Crippen molar-refractivity contribution in [3.8, 4) is 5.75 Å². The monoisotopic (exact) mass is 395 g/mol. The number of methoxy groups -OCH3 is 1. The van der Waals surface area contributed by atoms with Crippen molar-refractivity contribution in [3.05, 3.63) is 59.7 Å². The Bertz CT molecular complexity index is 929. The minimum Gasteiger partial charge on any atom is -0.495 e. The van der Waals surface area contributed by atoms with Crippen LogP contribution in [0.2, 0.25) is 0 Å². The first-order chi connectivity index (χ1) is 13.9. The minimum atomic E-state index is -1.14. The highest BCUT2D eigenvalue weighted by atomic mass is 16.5. The summed E-state index contributed by atoms with van der Waals surface area (Å²) in [5.41, 5.74) is 1.01. The summed E-state index contributed by atoms with van der Waals surface area (Å²) < 4.78 is 5.26. The Hall–Kier alpha value is -3.35. The van der Waals surface area contributed by atoms with Gasteiger partial charge in [-0.3, -0.25) is 14.5 Å². The lowest BCUT2D eigenvalue weighted by molar-refractivity contribution is -0.134. The summed E-state index contributed by atoms with van der Waals surface area (Å²) in [7, 11) is 1.51. The maximum atomic E-state index is 13.2. The van der Waals surface area contributed by atoms with E-state index < -0.39 is 23.4 Å². The summed E-state index contributed by atoms with van der Waals surface area (Å²) in [5, 5.41) is 5.55. The maximum absolute atomic E-state index is 13.2. The van der Waals surface area contributed by atoms with Gasteiger partial charge in [0.15, 0.2) is 0 Å². The van der Waals surface area contributed by atoms with Gasteiger partial charge in [0.25, 0.3) is 5.91 Å². The van der Waals surface area contributed by atoms with Crippen LogP contribution < -0.4 is 15.4 Å². The lowest BCUT2D eigenvalue weighted by atomic mass is 9.85. The normalized spacial score (nSPS) is 18.5. The molecule has 1 heterocycles. The highest BCUT2D eigenvalue weighted by Gasteiger charge is 2.52. The molecule has 1 atom stereocenters. The van der Waals surface area contributed by atoms with E-state index in [1.807, 2.05) is 50.2 Å². The van der Waals surface area contributed by atoms with Gasteiger partial charge in [-0.1, -0.05) is 49.7 Å². The van der Waals surface area contributed by atoms with Crippen molar-refractivity contribution < 1.29 is 19.1 Å². The van der Waals surface area contributed by atoms with Crippen molar-refractivity contribution in [3.63, 3.8) is 0 Å². The van der Waals surface area contributed by atoms with Gasteiger partial charge in [-0.25, -0.2) is 4.79 Å². The van der Waals surface area contributed by atoms with E-state index in [1.165, 1.54) is 7.11 Å². The largest absolute Gasteiger partial charge is 0.495 e. The molecule has 1 saturated heterocycles. The first kappa shape index (κ1) is 20.4. The number of benzene rings is 2. The Morgan fingerprint density at radius 1 is 1.17 bits per heavy atom. The SMILES string of the molecule is CCC[C@]1(c2ccccc2)NC(=O)N(CC(=O)Nc2cc(C)ccc2OC)C1=O. The minimum absolute atomic E-state index is 0.375. The Kier molecular flexibility index (Phi) is 5.87. The predicted octanol–water partition coefficient (Wildman–Crippen LogP) is 3.19. The molecule has 2 aromatic carbocycles. The number of hydrogen-bond donors (Lipinski definition) is 2. The van der Waals surface area contributed by atoms with E-state index in [0.29, 0.717) is 29.8 Å². The third-order valence-electron chi connectivity index (χ3n) is 5.00. The molecule has 7 heteroatoms. The van der Waals surface area contributed by atoms with Crippen LogP contribution in [0.3, 0.4) is 0 Å². The van der Waals surface area contributed by atoms with Gasteiger partial charge in [0.2, 0.25) is 5.91 Å². The van der Waals surface area contributed by atoms with Crippen LogP contribution in [0.15, 0.2) is 48.5 Å². The van der Waals surface area contributed by atoms with E-state index in [4.69, 9.17) is 4.74 Å². The van der Waals surface area contributed by atoms with E-state index in [9.17, 15) is 14.4 Å². The molecule has 1 fully saturated rings. The Balaban J connectivity index is 1.81. The van der Waals surface area contributed by atoms with Crippen LogP contribution in [-0.4, -0.2) is 36.4 Å². The predicted molar refractivity (Wildman–Crippen MR) is 110 cm³/mol. The number of ether oxygens (including phenoxy) is 1. The second kappa shape index (κ2) is 8.34. The molecule has 0 bridgehead atoms. The van der Waals surface area contributed by atoms with E-state index in [0.717, 1.165) is 10.5 Å². The molecule has 0 aliphatic carbocycles. The molecule has 3 rings (SSSR count). The van der Waals surface area contributed by atoms with Gasteiger partial charge in [0, 0.05) is 0 Å². The van der Waals surface area contributed by atoms with Crippen molar-refractivity contribution in [2.45, 2.75) is 32.2 Å². The quantitative estimate of drug-likeness (QED) is 0.705. The van der Waals surface area contributed by atoms with Gasteiger partial charge in [0.05, 0.1) is 12.8 Å². The molecule has 0 saturated carbocycles. The topological polar surface area (TPSA) is 87.7 Å². The van der Waals surface area contributed by atoms with Crippen LogP contribution in [0.1, 0.15) is 30.9 Å². The van der Waals surface area contributed by atoms with Crippen molar-refractivity contribution in [2.75, 3.05) is 19.0 Å². The number of anilines is 1. The first-order valence-corrected chi connectivity index (χ1v) is 9.55. The van der Waals surface area contributed by atoms with E-state index >= 15 is 0 Å². The second-order valence-electron chi connectivity index (χ2n) is 7.09. The molecule has 4 amide bonds. The van der Waals surface area contributed by atoms with Crippen LogP contribution in [0.5, 0.6) is 5.75 Å². The van der Waals surface area contributed by atoms with Gasteiger partial charge in [-0.2, -0.15) is 0 Å². The summed E-state index contributed by atoms with van der Waals surface area (Å²) >= 11 is 0. The number of rotatable bonds is 7. The number of urea groups is 1. The number of nitrogens with one attached hydrogen (secondary N) is 2. The maximum Gasteiger partial charge on any atom is 0.325 e. The second-order valence-corrected chi connectivity index (χ2v) is 7.09. The zero-order chi connectivity index (χ0) is 21.0. The third-order valence-corrected chi connectivity index (χ3v) is 5.00. The molecule has 2 N–H and O–H groups in total. The fourth-order valence-electron chi connectivity index (χ4n) is 3.63. The molecule has 29 heavy (non-hydrogen) atoms. The van der Waals surface area contributed by atoms with Gasteiger partial charge < -0.3 is 15.4 Å². The molecule has 1 aliphatic rings. The number of imide groups is 1. The smallest absolute Gasteiger partial charge is 0.325 e. The van der Waals surface area contributed by atoms with Gasteiger partial charge >= 0.3 is 6.03 Å². The number of carbonyl (C=O) groups excluding carboxylic acids is 3. The summed E-state index contributed by atoms with van der Waals surface area (Å²) in [6.07, 6.45) is 1.15. The standard InChI is InChI=1S/C22H25N3O4/c1-4-12-22(16-8-6-5-7-9-16)20(27)25(21(28)24-22)14-19(26)23-17-13-15(2)10-11-18(17)29-3/h5-11,13H,4,12,14H2,1-3H3,(H,23,26)(H,24,28)/t22-/m1/s1. The molecule has 0 aromatic heterocycles. The molecule has 2 aromatic rings. The lowest BCUT2D eigenvalue weighted by Crippen LogP contribution is -2.44. The molecule has 152 valence electrons. The summed E-state index contributed by atoms with van der Waals surface area (Å²) in [6.45, 7) is 3.47. The average Bonchev–Trinajstić information content (AvgIpc) is 2.94. The fraction of sp³-hybridized carbons (Fsp3) is 0.318. The summed E-state index contributed by atoms with van der Waals surface area (Å²) in [5.74, 6) is -0.384. The van der Waals surface area contributed by atoms with Crippen molar-refractivity contribution in [2.24, 2.45) is 0 Å². The number of nitrogens with zero attached hydrogens (tertiary/aromatic N) is 1. The summed E-state index contributed by atoms with van der Waals surface area (Å²) in [4.78, 5) is 39.4. The zero-order valence-corrected chi connectivity index (χ0v) is 16.8. The number of aryl methyl sites for hydroxylation is 1. The first-order valence-electron chi connectivity index (χ1n) is 9.55. The molecule has 0 radical (unpaired) electrons. The van der Waals surface area contributed by atoms with E-state index in [-0.39, 0.29) is 6.54 Å². The Labute approximate surface area is 170 Å². The zero-order valence-electron chi connectivity index (χ0n) is 16.8. The van der Waals surface area contributed by atoms with Gasteiger partial charge in [-0.05, 0) is 36.6 Å². The van der Waals surface area contributed by atoms with Crippen LogP contribution in [-0.2, 0) is 15.1 Å². The van der Waals surface area contributed by atoms with E-state index in [1.54, 1.807) is 12.1 Å². The van der Waals surface area contributed by atoms with Crippen molar-refractivity contribution in [1.29, 1.82) is 0 Å². The van der Waals surface area contributed by atoms with Gasteiger partial charge in [0.1, 0.15) is 17.8 Å². The molecule has 7 nitrogen and oxygen atoms in total. The summed E-state index contributed by atoms with van der Waals surface area (Å²) in [6, 6.07) is 13.9. The van der Waals surface area contributed by atoms with E-state index in [2.05, 4.69) is 10.6 Å². The van der Waals surface area contributed by atoms with Crippen LogP contribution in [0, 0.1) is 6.92 Å². The number of hydrogen-bond acceptors (Lipinski definition) is 4. The van der Waals surface area contributed by atoms with Crippen molar-refractivity contribution in [1.82, 2.24) is 10.2 Å². The molecule has 0 spiro atoms. The van der Waals surface area contributed by atoms with Crippen LogP contribution in [0.25, 0.3) is 0 Å². The van der Waals surface area contributed by atoms with Crippen LogP contribution >= 0.6 is 0 Å². The average molecular weight is 395 g/mol. The Morgan fingerprint density at radius 2 is 1.90 bits per heavy atom. The molecular weight excluding hydrogens is 370 g/mol. The lowest BCUT2D eigenvalue weighted by Gasteiger charge is -2.26. The number of carbonyl (C=O) groups is 3. The number of amides is 4.